The number of amides is 1. The third-order valence-electron chi connectivity index (χ3n) is 2.68. The number of nitrogen functional groups attached to an aromatic ring is 1. The van der Waals surface area contributed by atoms with Gasteiger partial charge in [-0.15, -0.1) is 0 Å². The van der Waals surface area contributed by atoms with Crippen LogP contribution >= 0.6 is 15.9 Å². The summed E-state index contributed by atoms with van der Waals surface area (Å²) >= 11 is 3.21. The van der Waals surface area contributed by atoms with Crippen LogP contribution in [-0.4, -0.2) is 5.91 Å². The van der Waals surface area contributed by atoms with Crippen molar-refractivity contribution in [3.63, 3.8) is 0 Å². The summed E-state index contributed by atoms with van der Waals surface area (Å²) in [6.07, 6.45) is 0. The molecule has 0 atom stereocenters. The van der Waals surface area contributed by atoms with Crippen LogP contribution in [0.2, 0.25) is 0 Å². The van der Waals surface area contributed by atoms with E-state index in [1.54, 1.807) is 12.1 Å². The van der Waals surface area contributed by atoms with Crippen LogP contribution in [0.3, 0.4) is 0 Å². The highest BCUT2D eigenvalue weighted by atomic mass is 79.9. The minimum atomic E-state index is -0.675. The number of hydrogen-bond acceptors (Lipinski definition) is 2. The van der Waals surface area contributed by atoms with E-state index in [2.05, 4.69) is 21.2 Å². The number of halogens is 3. The van der Waals surface area contributed by atoms with Crippen molar-refractivity contribution >= 4 is 27.5 Å². The number of carbonyl (C=O) groups is 1. The maximum Gasteiger partial charge on any atom is 0.254 e. The quantitative estimate of drug-likeness (QED) is 0.842. The van der Waals surface area contributed by atoms with E-state index in [0.29, 0.717) is 10.0 Å². The van der Waals surface area contributed by atoms with Crippen molar-refractivity contribution in [3.05, 3.63) is 63.6 Å². The monoisotopic (exact) mass is 340 g/mol. The van der Waals surface area contributed by atoms with E-state index < -0.39 is 17.5 Å². The van der Waals surface area contributed by atoms with E-state index in [0.717, 1.165) is 6.07 Å². The summed E-state index contributed by atoms with van der Waals surface area (Å²) in [6.45, 7) is -0.0433. The first kappa shape index (κ1) is 14.5. The first-order chi connectivity index (χ1) is 9.47. The molecule has 0 spiro atoms. The Hall–Kier alpha value is -1.95. The average molecular weight is 341 g/mol. The number of hydrogen-bond donors (Lipinski definition) is 2. The molecule has 3 nitrogen and oxygen atoms in total. The van der Waals surface area contributed by atoms with Crippen molar-refractivity contribution in [2.24, 2.45) is 0 Å². The van der Waals surface area contributed by atoms with Crippen LogP contribution in [0.4, 0.5) is 14.5 Å². The Balaban J connectivity index is 2.12. The molecule has 0 aliphatic carbocycles. The van der Waals surface area contributed by atoms with Gasteiger partial charge in [-0.25, -0.2) is 8.78 Å². The molecule has 3 N–H and O–H groups in total. The summed E-state index contributed by atoms with van der Waals surface area (Å²) in [5.41, 5.74) is 5.92. The summed E-state index contributed by atoms with van der Waals surface area (Å²) in [7, 11) is 0. The molecule has 1 amide bonds. The van der Waals surface area contributed by atoms with Gasteiger partial charge in [0.1, 0.15) is 11.6 Å². The van der Waals surface area contributed by atoms with Crippen LogP contribution in [0.15, 0.2) is 40.9 Å². The molecule has 2 aromatic rings. The molecule has 2 rings (SSSR count). The lowest BCUT2D eigenvalue weighted by Gasteiger charge is -2.08. The molecule has 0 unspecified atom stereocenters. The predicted molar refractivity (Wildman–Crippen MR) is 76.1 cm³/mol. The Morgan fingerprint density at radius 2 is 1.85 bits per heavy atom. The van der Waals surface area contributed by atoms with Crippen LogP contribution in [0, 0.1) is 11.6 Å². The molecule has 0 bridgehead atoms. The van der Waals surface area contributed by atoms with Gasteiger partial charge in [0.05, 0.1) is 5.56 Å². The fourth-order valence-corrected chi connectivity index (χ4v) is 2.07. The second kappa shape index (κ2) is 6.00. The number of nitrogens with one attached hydrogen (secondary N) is 1. The number of benzene rings is 2. The average Bonchev–Trinajstić information content (AvgIpc) is 2.42. The number of anilines is 1. The highest BCUT2D eigenvalue weighted by Gasteiger charge is 2.12. The van der Waals surface area contributed by atoms with E-state index in [1.165, 1.54) is 18.2 Å². The van der Waals surface area contributed by atoms with Crippen molar-refractivity contribution in [3.8, 4) is 0 Å². The lowest BCUT2D eigenvalue weighted by atomic mass is 10.1. The maximum atomic E-state index is 13.5. The third-order valence-corrected chi connectivity index (χ3v) is 3.18. The zero-order chi connectivity index (χ0) is 14.7. The minimum Gasteiger partial charge on any atom is -0.399 e. The summed E-state index contributed by atoms with van der Waals surface area (Å²) in [5.74, 6) is -1.76. The molecule has 0 radical (unpaired) electrons. The summed E-state index contributed by atoms with van der Waals surface area (Å²) < 4.78 is 27.7. The second-order valence-electron chi connectivity index (χ2n) is 4.16. The highest BCUT2D eigenvalue weighted by Crippen LogP contribution is 2.16. The van der Waals surface area contributed by atoms with Crippen LogP contribution in [-0.2, 0) is 6.54 Å². The Kier molecular flexibility index (Phi) is 4.34. The second-order valence-corrected chi connectivity index (χ2v) is 5.07. The van der Waals surface area contributed by atoms with Crippen molar-refractivity contribution in [1.82, 2.24) is 5.32 Å². The molecular weight excluding hydrogens is 330 g/mol. The smallest absolute Gasteiger partial charge is 0.254 e. The van der Waals surface area contributed by atoms with Crippen LogP contribution in [0.25, 0.3) is 0 Å². The van der Waals surface area contributed by atoms with Gasteiger partial charge in [-0.3, -0.25) is 4.79 Å². The molecular formula is C14H11BrF2N2O. The zero-order valence-electron chi connectivity index (χ0n) is 10.3. The van der Waals surface area contributed by atoms with Gasteiger partial charge < -0.3 is 11.1 Å². The Morgan fingerprint density at radius 3 is 2.60 bits per heavy atom. The zero-order valence-corrected chi connectivity index (χ0v) is 11.9. The van der Waals surface area contributed by atoms with Crippen molar-refractivity contribution in [1.29, 1.82) is 0 Å². The first-order valence-electron chi connectivity index (χ1n) is 5.74. The van der Waals surface area contributed by atoms with Crippen LogP contribution in [0.5, 0.6) is 0 Å². The third kappa shape index (κ3) is 3.33. The number of carbonyl (C=O) groups excluding carboxylic acids is 1. The van der Waals surface area contributed by atoms with Gasteiger partial charge in [0.2, 0.25) is 0 Å². The molecule has 0 saturated carbocycles. The van der Waals surface area contributed by atoms with Gasteiger partial charge in [0.15, 0.2) is 0 Å². The molecule has 6 heteroatoms. The van der Waals surface area contributed by atoms with Gasteiger partial charge in [-0.1, -0.05) is 15.9 Å². The lowest BCUT2D eigenvalue weighted by molar-refractivity contribution is 0.0946. The van der Waals surface area contributed by atoms with Crippen molar-refractivity contribution in [2.45, 2.75) is 6.54 Å². The fourth-order valence-electron chi connectivity index (χ4n) is 1.67. The summed E-state index contributed by atoms with van der Waals surface area (Å²) in [6, 6.07) is 8.10. The largest absolute Gasteiger partial charge is 0.399 e. The van der Waals surface area contributed by atoms with Gasteiger partial charge in [0.25, 0.3) is 5.91 Å². The summed E-state index contributed by atoms with van der Waals surface area (Å²) in [4.78, 5) is 11.8. The van der Waals surface area contributed by atoms with Crippen LogP contribution in [0.1, 0.15) is 15.9 Å². The fraction of sp³-hybridized carbons (Fsp3) is 0.0714. The number of nitrogens with two attached hydrogens (primary N) is 1. The Labute approximate surface area is 122 Å². The molecule has 20 heavy (non-hydrogen) atoms. The topological polar surface area (TPSA) is 55.1 Å². The van der Waals surface area contributed by atoms with Crippen molar-refractivity contribution < 1.29 is 13.6 Å². The minimum absolute atomic E-state index is 0.0433. The highest BCUT2D eigenvalue weighted by molar-refractivity contribution is 9.10. The lowest BCUT2D eigenvalue weighted by Crippen LogP contribution is -2.24. The molecule has 0 saturated heterocycles. The molecule has 0 aliphatic heterocycles. The van der Waals surface area contributed by atoms with Gasteiger partial charge in [0, 0.05) is 22.3 Å². The van der Waals surface area contributed by atoms with E-state index in [-0.39, 0.29) is 17.8 Å². The molecule has 104 valence electrons. The summed E-state index contributed by atoms with van der Waals surface area (Å²) in [5, 5.41) is 2.46. The van der Waals surface area contributed by atoms with E-state index in [4.69, 9.17) is 5.73 Å². The van der Waals surface area contributed by atoms with Gasteiger partial charge in [-0.2, -0.15) is 0 Å². The Bertz CT molecular complexity index is 662. The van der Waals surface area contributed by atoms with Crippen LogP contribution < -0.4 is 11.1 Å². The normalized spacial score (nSPS) is 10.3. The molecule has 0 aromatic heterocycles. The molecule has 0 aliphatic rings. The standard InChI is InChI=1S/C14H11BrF2N2O/c15-9-1-3-12(16)8(5-9)7-19-14(20)11-6-10(18)2-4-13(11)17/h1-6H,7,18H2,(H,19,20). The van der Waals surface area contributed by atoms with Gasteiger partial charge >= 0.3 is 0 Å². The van der Waals surface area contributed by atoms with Gasteiger partial charge in [-0.05, 0) is 36.4 Å². The van der Waals surface area contributed by atoms with E-state index in [9.17, 15) is 13.6 Å². The Morgan fingerprint density at radius 1 is 1.15 bits per heavy atom. The maximum absolute atomic E-state index is 13.5. The SMILES string of the molecule is Nc1ccc(F)c(C(=O)NCc2cc(Br)ccc2F)c1. The molecule has 2 aromatic carbocycles. The molecule has 0 heterocycles. The predicted octanol–water partition coefficient (Wildman–Crippen LogP) is 3.24. The first-order valence-corrected chi connectivity index (χ1v) is 6.54. The van der Waals surface area contributed by atoms with E-state index >= 15 is 0 Å². The van der Waals surface area contributed by atoms with E-state index in [1.807, 2.05) is 0 Å². The van der Waals surface area contributed by atoms with Crippen molar-refractivity contribution in [2.75, 3.05) is 5.73 Å². The molecule has 0 fully saturated rings. The number of rotatable bonds is 3.